The minimum atomic E-state index is 0.736. The normalized spacial score (nSPS) is 13.2. The van der Waals surface area contributed by atoms with Gasteiger partial charge in [-0.2, -0.15) is 0 Å². The molecule has 2 aromatic carbocycles. The summed E-state index contributed by atoms with van der Waals surface area (Å²) in [4.78, 5) is 13.0. The van der Waals surface area contributed by atoms with Gasteiger partial charge in [0, 0.05) is 12.2 Å². The zero-order chi connectivity index (χ0) is 13.2. The van der Waals surface area contributed by atoms with E-state index in [0.717, 1.165) is 36.3 Å². The quantitative estimate of drug-likeness (QED) is 0.850. The van der Waals surface area contributed by atoms with Crippen molar-refractivity contribution in [3.63, 3.8) is 0 Å². The number of para-hydroxylation sites is 1. The van der Waals surface area contributed by atoms with E-state index in [0.29, 0.717) is 0 Å². The van der Waals surface area contributed by atoms with Crippen molar-refractivity contribution < 1.29 is 4.79 Å². The molecule has 0 spiro atoms. The number of nitrogens with zero attached hydrogens (tertiary/aromatic N) is 1. The summed E-state index contributed by atoms with van der Waals surface area (Å²) in [5.41, 5.74) is 5.66. The highest BCUT2D eigenvalue weighted by atomic mass is 16.1. The monoisotopic (exact) mass is 252 g/mol. The van der Waals surface area contributed by atoms with Gasteiger partial charge in [0.1, 0.15) is 0 Å². The zero-order valence-corrected chi connectivity index (χ0v) is 10.9. The number of hydrogen-bond acceptors (Lipinski definition) is 2. The summed E-state index contributed by atoms with van der Waals surface area (Å²) in [5, 5.41) is 2.80. The number of carbonyl (C=O) groups excluding carboxylic acids is 1. The van der Waals surface area contributed by atoms with Crippen LogP contribution in [0.3, 0.4) is 0 Å². The summed E-state index contributed by atoms with van der Waals surface area (Å²) in [6, 6.07) is 14.6. The lowest BCUT2D eigenvalue weighted by Gasteiger charge is -2.22. The molecule has 2 aromatic rings. The zero-order valence-electron chi connectivity index (χ0n) is 10.9. The van der Waals surface area contributed by atoms with Gasteiger partial charge in [-0.1, -0.05) is 24.3 Å². The van der Waals surface area contributed by atoms with E-state index in [-0.39, 0.29) is 0 Å². The highest BCUT2D eigenvalue weighted by Crippen LogP contribution is 2.38. The Labute approximate surface area is 112 Å². The first-order valence-corrected chi connectivity index (χ1v) is 6.46. The van der Waals surface area contributed by atoms with Gasteiger partial charge in [0.25, 0.3) is 0 Å². The Bertz CT molecular complexity index is 622. The first kappa shape index (κ1) is 11.8. The summed E-state index contributed by atoms with van der Waals surface area (Å²) in [7, 11) is 0. The van der Waals surface area contributed by atoms with E-state index in [4.69, 9.17) is 0 Å². The second kappa shape index (κ2) is 4.76. The molecule has 19 heavy (non-hydrogen) atoms. The topological polar surface area (TPSA) is 32.3 Å². The first-order valence-electron chi connectivity index (χ1n) is 6.46. The molecule has 0 aromatic heterocycles. The predicted octanol–water partition coefficient (Wildman–Crippen LogP) is 3.26. The van der Waals surface area contributed by atoms with Gasteiger partial charge >= 0.3 is 0 Å². The molecular formula is C16H16N2O. The SMILES string of the molecule is Cc1ccc(N2CCc3ccccc32)c(NC=O)c1. The molecule has 1 aliphatic heterocycles. The minimum Gasteiger partial charge on any atom is -0.339 e. The maximum Gasteiger partial charge on any atom is 0.211 e. The summed E-state index contributed by atoms with van der Waals surface area (Å²) in [6.07, 6.45) is 1.78. The number of rotatable bonds is 3. The highest BCUT2D eigenvalue weighted by Gasteiger charge is 2.21. The molecule has 1 heterocycles. The Morgan fingerprint density at radius 3 is 2.84 bits per heavy atom. The van der Waals surface area contributed by atoms with Crippen molar-refractivity contribution in [3.05, 3.63) is 53.6 Å². The lowest BCUT2D eigenvalue weighted by Crippen LogP contribution is -2.15. The Kier molecular flexibility index (Phi) is 2.95. The van der Waals surface area contributed by atoms with Crippen LogP contribution in [-0.4, -0.2) is 13.0 Å². The number of carbonyl (C=O) groups is 1. The van der Waals surface area contributed by atoms with Crippen LogP contribution in [0.15, 0.2) is 42.5 Å². The Morgan fingerprint density at radius 2 is 2.00 bits per heavy atom. The van der Waals surface area contributed by atoms with Crippen molar-refractivity contribution in [1.29, 1.82) is 0 Å². The van der Waals surface area contributed by atoms with Crippen LogP contribution in [0.2, 0.25) is 0 Å². The molecule has 0 saturated heterocycles. The number of nitrogens with one attached hydrogen (secondary N) is 1. The van der Waals surface area contributed by atoms with Gasteiger partial charge in [-0.05, 0) is 42.7 Å². The van der Waals surface area contributed by atoms with E-state index in [1.807, 2.05) is 13.0 Å². The molecular weight excluding hydrogens is 236 g/mol. The maximum absolute atomic E-state index is 10.8. The number of anilines is 3. The number of benzene rings is 2. The number of aryl methyl sites for hydroxylation is 1. The molecule has 0 radical (unpaired) electrons. The summed E-state index contributed by atoms with van der Waals surface area (Å²) < 4.78 is 0. The van der Waals surface area contributed by atoms with E-state index >= 15 is 0 Å². The van der Waals surface area contributed by atoms with Crippen LogP contribution >= 0.6 is 0 Å². The number of fused-ring (bicyclic) bond motifs is 1. The molecule has 0 fully saturated rings. The first-order chi connectivity index (χ1) is 9.29. The average Bonchev–Trinajstić information content (AvgIpc) is 2.83. The number of hydrogen-bond donors (Lipinski definition) is 1. The summed E-state index contributed by atoms with van der Waals surface area (Å²) in [6.45, 7) is 2.98. The second-order valence-electron chi connectivity index (χ2n) is 4.81. The van der Waals surface area contributed by atoms with Crippen molar-refractivity contribution in [3.8, 4) is 0 Å². The fourth-order valence-corrected chi connectivity index (χ4v) is 2.65. The maximum atomic E-state index is 10.8. The molecule has 1 N–H and O–H groups in total. The van der Waals surface area contributed by atoms with Crippen molar-refractivity contribution in [2.24, 2.45) is 0 Å². The largest absolute Gasteiger partial charge is 0.339 e. The van der Waals surface area contributed by atoms with Gasteiger partial charge in [-0.15, -0.1) is 0 Å². The molecule has 1 aliphatic rings. The molecule has 0 bridgehead atoms. The van der Waals surface area contributed by atoms with Gasteiger partial charge in [0.05, 0.1) is 11.4 Å². The van der Waals surface area contributed by atoms with Crippen molar-refractivity contribution in [1.82, 2.24) is 0 Å². The lowest BCUT2D eigenvalue weighted by molar-refractivity contribution is -0.105. The highest BCUT2D eigenvalue weighted by molar-refractivity contribution is 5.86. The predicted molar refractivity (Wildman–Crippen MR) is 78.0 cm³/mol. The van der Waals surface area contributed by atoms with Crippen LogP contribution < -0.4 is 10.2 Å². The van der Waals surface area contributed by atoms with Crippen LogP contribution in [0.5, 0.6) is 0 Å². The van der Waals surface area contributed by atoms with Gasteiger partial charge in [0.15, 0.2) is 0 Å². The third-order valence-corrected chi connectivity index (χ3v) is 3.54. The van der Waals surface area contributed by atoms with Crippen LogP contribution in [0.4, 0.5) is 17.1 Å². The van der Waals surface area contributed by atoms with E-state index < -0.39 is 0 Å². The molecule has 1 amide bonds. The summed E-state index contributed by atoms with van der Waals surface area (Å²) in [5.74, 6) is 0. The third-order valence-electron chi connectivity index (χ3n) is 3.54. The molecule has 0 aliphatic carbocycles. The van der Waals surface area contributed by atoms with Gasteiger partial charge in [0.2, 0.25) is 6.41 Å². The van der Waals surface area contributed by atoms with Crippen molar-refractivity contribution in [2.45, 2.75) is 13.3 Å². The molecule has 3 nitrogen and oxygen atoms in total. The smallest absolute Gasteiger partial charge is 0.211 e. The molecule has 3 heteroatoms. The molecule has 0 unspecified atom stereocenters. The van der Waals surface area contributed by atoms with E-state index in [2.05, 4.69) is 46.6 Å². The fraction of sp³-hybridized carbons (Fsp3) is 0.188. The van der Waals surface area contributed by atoms with Gasteiger partial charge < -0.3 is 10.2 Å². The molecule has 3 rings (SSSR count). The number of amides is 1. The van der Waals surface area contributed by atoms with Crippen LogP contribution in [0.25, 0.3) is 0 Å². The van der Waals surface area contributed by atoms with E-state index in [1.165, 1.54) is 11.3 Å². The Balaban J connectivity index is 2.06. The summed E-state index contributed by atoms with van der Waals surface area (Å²) >= 11 is 0. The average molecular weight is 252 g/mol. The third kappa shape index (κ3) is 2.08. The lowest BCUT2D eigenvalue weighted by atomic mass is 10.1. The molecule has 96 valence electrons. The van der Waals surface area contributed by atoms with Crippen molar-refractivity contribution in [2.75, 3.05) is 16.8 Å². The van der Waals surface area contributed by atoms with Gasteiger partial charge in [-0.3, -0.25) is 4.79 Å². The minimum absolute atomic E-state index is 0.736. The second-order valence-corrected chi connectivity index (χ2v) is 4.81. The fourth-order valence-electron chi connectivity index (χ4n) is 2.65. The van der Waals surface area contributed by atoms with Crippen LogP contribution in [0.1, 0.15) is 11.1 Å². The Hall–Kier alpha value is -2.29. The van der Waals surface area contributed by atoms with Gasteiger partial charge in [-0.25, -0.2) is 0 Å². The molecule has 0 saturated carbocycles. The standard InChI is InChI=1S/C16H16N2O/c1-12-6-7-16(14(10-12)17-11-19)18-9-8-13-4-2-3-5-15(13)18/h2-7,10-11H,8-9H2,1H3,(H,17,19). The van der Waals surface area contributed by atoms with Crippen LogP contribution in [0, 0.1) is 6.92 Å². The van der Waals surface area contributed by atoms with E-state index in [1.54, 1.807) is 0 Å². The molecule has 0 atom stereocenters. The van der Waals surface area contributed by atoms with Crippen LogP contribution in [-0.2, 0) is 11.2 Å². The van der Waals surface area contributed by atoms with Crippen molar-refractivity contribution >= 4 is 23.5 Å². The van der Waals surface area contributed by atoms with E-state index in [9.17, 15) is 4.79 Å². The Morgan fingerprint density at radius 1 is 1.16 bits per heavy atom.